The molecule has 0 bridgehead atoms. The average molecular weight is 223 g/mol. The second-order valence-corrected chi connectivity index (χ2v) is 3.74. The van der Waals surface area contributed by atoms with E-state index in [-0.39, 0.29) is 16.7 Å². The Morgan fingerprint density at radius 1 is 1.12 bits per heavy atom. The quantitative estimate of drug-likeness (QED) is 0.361. The van der Waals surface area contributed by atoms with Crippen LogP contribution in [0.5, 0.6) is 0 Å². The molecule has 0 N–H and O–H groups in total. The predicted octanol–water partition coefficient (Wildman–Crippen LogP) is 2.29. The van der Waals surface area contributed by atoms with Crippen LogP contribution in [0.2, 0.25) is 0 Å². The second-order valence-electron chi connectivity index (χ2n) is 3.74. The maximum Gasteiger partial charge on any atom is 0.305 e. The molecule has 3 aromatic rings. The summed E-state index contributed by atoms with van der Waals surface area (Å²) in [5, 5.41) is 12.5. The summed E-state index contributed by atoms with van der Waals surface area (Å²) in [4.78, 5) is 10.5. The SMILES string of the molecule is [B]c1ccc2c(oc3ccccc32)c1[N+](=O)[O-]. The van der Waals surface area contributed by atoms with Gasteiger partial charge in [-0.25, -0.2) is 0 Å². The van der Waals surface area contributed by atoms with Crippen LogP contribution < -0.4 is 5.46 Å². The summed E-state index contributed by atoms with van der Waals surface area (Å²) in [5.41, 5.74) is 0.799. The summed E-state index contributed by atoms with van der Waals surface area (Å²) in [7, 11) is 5.61. The van der Waals surface area contributed by atoms with E-state index in [9.17, 15) is 10.1 Å². The third kappa shape index (κ3) is 1.32. The highest BCUT2D eigenvalue weighted by atomic mass is 16.6. The highest BCUT2D eigenvalue weighted by Gasteiger charge is 2.20. The van der Waals surface area contributed by atoms with E-state index >= 15 is 0 Å². The van der Waals surface area contributed by atoms with Gasteiger partial charge in [-0.3, -0.25) is 10.1 Å². The van der Waals surface area contributed by atoms with Crippen molar-refractivity contribution < 1.29 is 9.34 Å². The van der Waals surface area contributed by atoms with Crippen LogP contribution in [-0.4, -0.2) is 12.8 Å². The summed E-state index contributed by atoms with van der Waals surface area (Å²) >= 11 is 0. The molecule has 5 heteroatoms. The Hall–Kier alpha value is -2.30. The first-order chi connectivity index (χ1) is 8.18. The fraction of sp³-hybridized carbons (Fsp3) is 0. The normalized spacial score (nSPS) is 11.1. The summed E-state index contributed by atoms with van der Waals surface area (Å²) in [5.74, 6) is 0. The molecule has 0 saturated carbocycles. The van der Waals surface area contributed by atoms with Gasteiger partial charge in [0, 0.05) is 10.8 Å². The minimum Gasteiger partial charge on any atom is -0.449 e. The van der Waals surface area contributed by atoms with Crippen LogP contribution in [0.4, 0.5) is 5.69 Å². The van der Waals surface area contributed by atoms with Crippen molar-refractivity contribution in [2.75, 3.05) is 0 Å². The Morgan fingerprint density at radius 3 is 2.65 bits per heavy atom. The standard InChI is InChI=1S/C12H6BNO3/c13-9-6-5-8-7-3-1-2-4-10(7)17-12(8)11(9)14(15)16/h1-6H. The fourth-order valence-corrected chi connectivity index (χ4v) is 1.98. The lowest BCUT2D eigenvalue weighted by Gasteiger charge is -1.96. The maximum absolute atomic E-state index is 11.0. The zero-order valence-electron chi connectivity index (χ0n) is 8.71. The van der Waals surface area contributed by atoms with E-state index in [1.54, 1.807) is 12.1 Å². The zero-order chi connectivity index (χ0) is 12.0. The van der Waals surface area contributed by atoms with Gasteiger partial charge < -0.3 is 4.42 Å². The van der Waals surface area contributed by atoms with Crippen LogP contribution in [0.15, 0.2) is 40.8 Å². The first-order valence-corrected chi connectivity index (χ1v) is 5.02. The number of rotatable bonds is 1. The Bertz CT molecular complexity index is 748. The number of nitro groups is 1. The van der Waals surface area contributed by atoms with Crippen molar-refractivity contribution in [1.82, 2.24) is 0 Å². The Kier molecular flexibility index (Phi) is 1.95. The number of furan rings is 1. The molecule has 17 heavy (non-hydrogen) atoms. The number of hydrogen-bond donors (Lipinski definition) is 0. The van der Waals surface area contributed by atoms with Gasteiger partial charge in [0.1, 0.15) is 13.4 Å². The van der Waals surface area contributed by atoms with Gasteiger partial charge in [0.25, 0.3) is 0 Å². The zero-order valence-corrected chi connectivity index (χ0v) is 8.71. The molecule has 0 atom stereocenters. The number of nitrogens with zero attached hydrogens (tertiary/aromatic N) is 1. The molecule has 0 unspecified atom stereocenters. The van der Waals surface area contributed by atoms with Crippen molar-refractivity contribution in [3.63, 3.8) is 0 Å². The first-order valence-electron chi connectivity index (χ1n) is 5.02. The van der Waals surface area contributed by atoms with Crippen LogP contribution in [0, 0.1) is 10.1 Å². The van der Waals surface area contributed by atoms with E-state index in [2.05, 4.69) is 0 Å². The van der Waals surface area contributed by atoms with Crippen LogP contribution in [-0.2, 0) is 0 Å². The lowest BCUT2D eigenvalue weighted by atomic mass is 9.93. The van der Waals surface area contributed by atoms with Crippen LogP contribution in [0.3, 0.4) is 0 Å². The van der Waals surface area contributed by atoms with E-state index < -0.39 is 4.92 Å². The summed E-state index contributed by atoms with van der Waals surface area (Å²) < 4.78 is 5.50. The highest BCUT2D eigenvalue weighted by Crippen LogP contribution is 2.32. The van der Waals surface area contributed by atoms with E-state index in [1.807, 2.05) is 18.2 Å². The number of nitro benzene ring substituents is 1. The van der Waals surface area contributed by atoms with Gasteiger partial charge >= 0.3 is 5.69 Å². The third-order valence-electron chi connectivity index (χ3n) is 2.73. The van der Waals surface area contributed by atoms with Gasteiger partial charge in [-0.1, -0.05) is 30.3 Å². The van der Waals surface area contributed by atoms with Crippen LogP contribution in [0.25, 0.3) is 21.9 Å². The summed E-state index contributed by atoms with van der Waals surface area (Å²) in [6, 6.07) is 10.6. The number of benzene rings is 2. The van der Waals surface area contributed by atoms with Gasteiger partial charge in [0.05, 0.1) is 4.92 Å². The van der Waals surface area contributed by atoms with Crippen molar-refractivity contribution in [2.24, 2.45) is 0 Å². The molecule has 0 amide bonds. The van der Waals surface area contributed by atoms with Crippen molar-refractivity contribution >= 4 is 40.9 Å². The Morgan fingerprint density at radius 2 is 1.88 bits per heavy atom. The molecule has 0 spiro atoms. The topological polar surface area (TPSA) is 56.3 Å². The average Bonchev–Trinajstić information content (AvgIpc) is 2.66. The van der Waals surface area contributed by atoms with Crippen molar-refractivity contribution in [3.8, 4) is 0 Å². The molecule has 3 rings (SSSR count). The van der Waals surface area contributed by atoms with Gasteiger partial charge in [-0.05, 0) is 11.5 Å². The molecule has 1 aromatic heterocycles. The van der Waals surface area contributed by atoms with E-state index in [1.165, 1.54) is 6.07 Å². The molecule has 0 aliphatic heterocycles. The minimum absolute atomic E-state index is 0.113. The van der Waals surface area contributed by atoms with Crippen LogP contribution >= 0.6 is 0 Å². The Labute approximate surface area is 97.4 Å². The lowest BCUT2D eigenvalue weighted by molar-refractivity contribution is -0.382. The molecule has 0 saturated heterocycles. The van der Waals surface area contributed by atoms with E-state index in [4.69, 9.17) is 12.3 Å². The van der Waals surface area contributed by atoms with E-state index in [0.717, 1.165) is 5.39 Å². The van der Waals surface area contributed by atoms with Crippen LogP contribution in [0.1, 0.15) is 0 Å². The van der Waals surface area contributed by atoms with Gasteiger partial charge in [0.15, 0.2) is 0 Å². The highest BCUT2D eigenvalue weighted by molar-refractivity contribution is 6.37. The molecular formula is C12H6BNO3. The second kappa shape index (κ2) is 3.35. The lowest BCUT2D eigenvalue weighted by Crippen LogP contribution is -2.08. The largest absolute Gasteiger partial charge is 0.449 e. The monoisotopic (exact) mass is 223 g/mol. The number of para-hydroxylation sites is 1. The molecule has 80 valence electrons. The molecule has 1 heterocycles. The number of fused-ring (bicyclic) bond motifs is 3. The molecule has 2 aromatic carbocycles. The Balaban J connectivity index is 2.56. The maximum atomic E-state index is 11.0. The minimum atomic E-state index is -0.514. The molecule has 0 fully saturated rings. The summed E-state index contributed by atoms with van der Waals surface area (Å²) in [6.07, 6.45) is 0. The molecule has 2 radical (unpaired) electrons. The van der Waals surface area contributed by atoms with Gasteiger partial charge in [-0.15, -0.1) is 0 Å². The molecule has 4 nitrogen and oxygen atoms in total. The van der Waals surface area contributed by atoms with Crippen molar-refractivity contribution in [3.05, 3.63) is 46.5 Å². The fourth-order valence-electron chi connectivity index (χ4n) is 1.98. The smallest absolute Gasteiger partial charge is 0.305 e. The number of hydrogen-bond acceptors (Lipinski definition) is 3. The third-order valence-corrected chi connectivity index (χ3v) is 2.73. The first kappa shape index (κ1) is 9.90. The van der Waals surface area contributed by atoms with Gasteiger partial charge in [0.2, 0.25) is 5.58 Å². The summed E-state index contributed by atoms with van der Waals surface area (Å²) in [6.45, 7) is 0. The predicted molar refractivity (Wildman–Crippen MR) is 65.8 cm³/mol. The molecule has 0 aliphatic rings. The van der Waals surface area contributed by atoms with E-state index in [0.29, 0.717) is 11.0 Å². The molecule has 0 aliphatic carbocycles. The van der Waals surface area contributed by atoms with Crippen molar-refractivity contribution in [2.45, 2.75) is 0 Å². The van der Waals surface area contributed by atoms with Gasteiger partial charge in [-0.2, -0.15) is 0 Å². The van der Waals surface area contributed by atoms with Crippen molar-refractivity contribution in [1.29, 1.82) is 0 Å². The molecular weight excluding hydrogens is 217 g/mol.